The van der Waals surface area contributed by atoms with E-state index in [1.165, 1.54) is 5.56 Å². The molecule has 0 fully saturated rings. The first kappa shape index (κ1) is 18.0. The molecule has 0 aliphatic carbocycles. The normalized spacial score (nSPS) is 11.1. The minimum absolute atomic E-state index is 0.310. The summed E-state index contributed by atoms with van der Waals surface area (Å²) in [7, 11) is 0. The number of nitrogens with one attached hydrogen (secondary N) is 1. The molecule has 4 rings (SSSR count). The van der Waals surface area contributed by atoms with Gasteiger partial charge in [-0.3, -0.25) is 4.40 Å². The molecule has 1 N–H and O–H groups in total. The summed E-state index contributed by atoms with van der Waals surface area (Å²) in [6.45, 7) is 7.11. The molecular formula is C23H23N3O2. The van der Waals surface area contributed by atoms with E-state index < -0.39 is 0 Å². The van der Waals surface area contributed by atoms with Crippen LogP contribution in [0, 0.1) is 6.92 Å². The standard InChI is InChI=1S/C23H23N3O2/c1-4-24-22-20(16-10-7-6-9-15(16)3)25-21-18-11-8-12-19(23(27)28-5-2)17(18)13-14-26(21)22/h6-14,24H,4-5H2,1-3H3. The molecule has 4 aromatic rings. The Hall–Kier alpha value is -3.34. The highest BCUT2D eigenvalue weighted by molar-refractivity contribution is 6.08. The second kappa shape index (κ2) is 7.35. The highest BCUT2D eigenvalue weighted by Crippen LogP contribution is 2.34. The average Bonchev–Trinajstić information content (AvgIpc) is 3.07. The van der Waals surface area contributed by atoms with E-state index in [-0.39, 0.29) is 5.97 Å². The number of hydrogen-bond donors (Lipinski definition) is 1. The van der Waals surface area contributed by atoms with Crippen molar-refractivity contribution >= 4 is 28.2 Å². The monoisotopic (exact) mass is 373 g/mol. The number of pyridine rings is 1. The fraction of sp³-hybridized carbons (Fsp3) is 0.217. The molecule has 0 aliphatic rings. The number of esters is 1. The third-order valence-electron chi connectivity index (χ3n) is 4.89. The maximum absolute atomic E-state index is 12.4. The second-order valence-electron chi connectivity index (χ2n) is 6.65. The van der Waals surface area contributed by atoms with Crippen LogP contribution in [0.5, 0.6) is 0 Å². The van der Waals surface area contributed by atoms with Gasteiger partial charge in [0.05, 0.1) is 12.2 Å². The van der Waals surface area contributed by atoms with Gasteiger partial charge in [0.15, 0.2) is 0 Å². The van der Waals surface area contributed by atoms with E-state index >= 15 is 0 Å². The van der Waals surface area contributed by atoms with Crippen molar-refractivity contribution in [3.05, 3.63) is 65.9 Å². The first-order valence-electron chi connectivity index (χ1n) is 9.56. The van der Waals surface area contributed by atoms with E-state index in [1.54, 1.807) is 6.07 Å². The number of carbonyl (C=O) groups excluding carboxylic acids is 1. The van der Waals surface area contributed by atoms with Crippen LogP contribution in [0.1, 0.15) is 29.8 Å². The Morgan fingerprint density at radius 3 is 2.64 bits per heavy atom. The number of imidazole rings is 1. The first-order chi connectivity index (χ1) is 13.7. The maximum atomic E-state index is 12.4. The molecule has 0 saturated carbocycles. The van der Waals surface area contributed by atoms with Crippen molar-refractivity contribution in [1.82, 2.24) is 9.38 Å². The fourth-order valence-corrected chi connectivity index (χ4v) is 3.61. The molecular weight excluding hydrogens is 350 g/mol. The van der Waals surface area contributed by atoms with Gasteiger partial charge in [-0.05, 0) is 38.5 Å². The van der Waals surface area contributed by atoms with Gasteiger partial charge in [-0.25, -0.2) is 9.78 Å². The number of hydrogen-bond acceptors (Lipinski definition) is 4. The Morgan fingerprint density at radius 2 is 1.89 bits per heavy atom. The average molecular weight is 373 g/mol. The lowest BCUT2D eigenvalue weighted by molar-refractivity contribution is 0.0528. The summed E-state index contributed by atoms with van der Waals surface area (Å²) in [5, 5.41) is 5.22. The van der Waals surface area contributed by atoms with Crippen molar-refractivity contribution in [2.75, 3.05) is 18.5 Å². The Bertz CT molecular complexity index is 1180. The van der Waals surface area contributed by atoms with Crippen LogP contribution in [0.2, 0.25) is 0 Å². The van der Waals surface area contributed by atoms with E-state index in [1.807, 2.05) is 43.5 Å². The minimum Gasteiger partial charge on any atom is -0.462 e. The number of anilines is 1. The van der Waals surface area contributed by atoms with Crippen molar-refractivity contribution in [3.8, 4) is 11.3 Å². The van der Waals surface area contributed by atoms with Gasteiger partial charge in [-0.1, -0.05) is 36.4 Å². The van der Waals surface area contributed by atoms with Crippen LogP contribution >= 0.6 is 0 Å². The smallest absolute Gasteiger partial charge is 0.338 e. The van der Waals surface area contributed by atoms with E-state index in [0.717, 1.165) is 40.0 Å². The number of rotatable bonds is 5. The largest absolute Gasteiger partial charge is 0.462 e. The Kier molecular flexibility index (Phi) is 4.74. The number of carbonyl (C=O) groups is 1. The number of ether oxygens (including phenoxy) is 1. The molecule has 2 aromatic carbocycles. The summed E-state index contributed by atoms with van der Waals surface area (Å²) in [6, 6.07) is 15.9. The van der Waals surface area contributed by atoms with Gasteiger partial charge in [0.1, 0.15) is 17.2 Å². The van der Waals surface area contributed by atoms with Crippen LogP contribution in [-0.2, 0) is 4.74 Å². The SMILES string of the molecule is CCNc1c(-c2ccccc2C)nc2c3cccc(C(=O)OCC)c3ccn12. The zero-order valence-electron chi connectivity index (χ0n) is 16.3. The Balaban J connectivity index is 2.02. The lowest BCUT2D eigenvalue weighted by Gasteiger charge is -2.09. The summed E-state index contributed by atoms with van der Waals surface area (Å²) >= 11 is 0. The van der Waals surface area contributed by atoms with Crippen molar-refractivity contribution in [3.63, 3.8) is 0 Å². The van der Waals surface area contributed by atoms with E-state index in [9.17, 15) is 4.79 Å². The predicted octanol–water partition coefficient (Wildman–Crippen LogP) is 5.07. The molecule has 0 amide bonds. The van der Waals surface area contributed by atoms with E-state index in [4.69, 9.17) is 9.72 Å². The molecule has 0 atom stereocenters. The molecule has 0 saturated heterocycles. The van der Waals surface area contributed by atoms with Crippen LogP contribution < -0.4 is 5.32 Å². The Labute approximate surface area is 164 Å². The summed E-state index contributed by atoms with van der Waals surface area (Å²) in [6.07, 6.45) is 1.97. The van der Waals surface area contributed by atoms with Crippen LogP contribution in [0.25, 0.3) is 27.7 Å². The van der Waals surface area contributed by atoms with Gasteiger partial charge < -0.3 is 10.1 Å². The quantitative estimate of drug-likeness (QED) is 0.496. The van der Waals surface area contributed by atoms with Gasteiger partial charge in [0.25, 0.3) is 0 Å². The highest BCUT2D eigenvalue weighted by Gasteiger charge is 2.19. The number of benzene rings is 2. The van der Waals surface area contributed by atoms with Crippen molar-refractivity contribution < 1.29 is 9.53 Å². The molecule has 28 heavy (non-hydrogen) atoms. The van der Waals surface area contributed by atoms with Crippen molar-refractivity contribution in [1.29, 1.82) is 0 Å². The van der Waals surface area contributed by atoms with E-state index in [2.05, 4.69) is 35.7 Å². The lowest BCUT2D eigenvalue weighted by Crippen LogP contribution is -2.06. The molecule has 0 spiro atoms. The third-order valence-corrected chi connectivity index (χ3v) is 4.89. The topological polar surface area (TPSA) is 55.6 Å². The highest BCUT2D eigenvalue weighted by atomic mass is 16.5. The number of nitrogens with zero attached hydrogens (tertiary/aromatic N) is 2. The first-order valence-corrected chi connectivity index (χ1v) is 9.56. The third kappa shape index (κ3) is 2.89. The summed E-state index contributed by atoms with van der Waals surface area (Å²) < 4.78 is 7.28. The van der Waals surface area contributed by atoms with Gasteiger partial charge in [-0.2, -0.15) is 0 Å². The number of fused-ring (bicyclic) bond motifs is 3. The minimum atomic E-state index is -0.310. The summed E-state index contributed by atoms with van der Waals surface area (Å²) in [5.74, 6) is 0.644. The van der Waals surface area contributed by atoms with Crippen molar-refractivity contribution in [2.24, 2.45) is 0 Å². The van der Waals surface area contributed by atoms with Gasteiger partial charge in [0, 0.05) is 29.1 Å². The second-order valence-corrected chi connectivity index (χ2v) is 6.65. The van der Waals surface area contributed by atoms with Gasteiger partial charge >= 0.3 is 5.97 Å². The zero-order valence-corrected chi connectivity index (χ0v) is 16.3. The van der Waals surface area contributed by atoms with Gasteiger partial charge in [0.2, 0.25) is 0 Å². The maximum Gasteiger partial charge on any atom is 0.338 e. The van der Waals surface area contributed by atoms with E-state index in [0.29, 0.717) is 12.2 Å². The molecule has 5 nitrogen and oxygen atoms in total. The summed E-state index contributed by atoms with van der Waals surface area (Å²) in [4.78, 5) is 17.4. The molecule has 2 aromatic heterocycles. The lowest BCUT2D eigenvalue weighted by atomic mass is 10.1. The molecule has 2 heterocycles. The number of aromatic nitrogens is 2. The molecule has 142 valence electrons. The molecule has 0 radical (unpaired) electrons. The molecule has 0 bridgehead atoms. The fourth-order valence-electron chi connectivity index (χ4n) is 3.61. The Morgan fingerprint density at radius 1 is 1.07 bits per heavy atom. The van der Waals surface area contributed by atoms with Gasteiger partial charge in [-0.15, -0.1) is 0 Å². The summed E-state index contributed by atoms with van der Waals surface area (Å²) in [5.41, 5.74) is 4.55. The van der Waals surface area contributed by atoms with Crippen LogP contribution in [-0.4, -0.2) is 28.5 Å². The molecule has 5 heteroatoms. The van der Waals surface area contributed by atoms with Crippen molar-refractivity contribution in [2.45, 2.75) is 20.8 Å². The number of aryl methyl sites for hydroxylation is 1. The zero-order chi connectivity index (χ0) is 19.7. The predicted molar refractivity (Wildman–Crippen MR) is 113 cm³/mol. The van der Waals surface area contributed by atoms with Crippen LogP contribution in [0.15, 0.2) is 54.7 Å². The molecule has 0 aliphatic heterocycles. The van der Waals surface area contributed by atoms with Crippen LogP contribution in [0.3, 0.4) is 0 Å². The molecule has 0 unspecified atom stereocenters. The van der Waals surface area contributed by atoms with Crippen LogP contribution in [0.4, 0.5) is 5.82 Å².